The van der Waals surface area contributed by atoms with Crippen LogP contribution in [0.5, 0.6) is 0 Å². The van der Waals surface area contributed by atoms with Crippen molar-refractivity contribution in [1.29, 1.82) is 0 Å². The standard InChI is InChI=1S/C22H28N2O2/c25-22(23-18-11-12-18)21-14-13-20(26-21)16-24(19-9-5-2-6-10-19)15-17-7-3-1-4-8-17/h1,3-4,7-8,13-14,18-19H,2,5-6,9-12,15-16H2,(H,23,25). The third-order valence-corrected chi connectivity index (χ3v) is 5.48. The van der Waals surface area contributed by atoms with Crippen molar-refractivity contribution >= 4 is 5.91 Å². The van der Waals surface area contributed by atoms with Gasteiger partial charge in [0.1, 0.15) is 5.76 Å². The van der Waals surface area contributed by atoms with E-state index in [1.807, 2.05) is 12.1 Å². The predicted molar refractivity (Wildman–Crippen MR) is 102 cm³/mol. The SMILES string of the molecule is O=C(NC1CC1)c1ccc(CN(Cc2ccccc2)C2CCCCC2)o1. The van der Waals surface area contributed by atoms with Crippen LogP contribution < -0.4 is 5.32 Å². The Hall–Kier alpha value is -2.07. The highest BCUT2D eigenvalue weighted by Gasteiger charge is 2.26. The summed E-state index contributed by atoms with van der Waals surface area (Å²) in [6.07, 6.45) is 8.65. The van der Waals surface area contributed by atoms with Gasteiger partial charge in [-0.2, -0.15) is 0 Å². The lowest BCUT2D eigenvalue weighted by molar-refractivity contribution is 0.0913. The van der Waals surface area contributed by atoms with Crippen LogP contribution in [-0.2, 0) is 13.1 Å². The van der Waals surface area contributed by atoms with E-state index < -0.39 is 0 Å². The largest absolute Gasteiger partial charge is 0.455 e. The summed E-state index contributed by atoms with van der Waals surface area (Å²) < 4.78 is 5.88. The molecule has 4 nitrogen and oxygen atoms in total. The molecule has 2 saturated carbocycles. The van der Waals surface area contributed by atoms with E-state index in [0.29, 0.717) is 17.8 Å². The molecule has 1 heterocycles. The molecule has 2 fully saturated rings. The van der Waals surface area contributed by atoms with E-state index in [9.17, 15) is 4.79 Å². The highest BCUT2D eigenvalue weighted by atomic mass is 16.4. The van der Waals surface area contributed by atoms with Gasteiger partial charge in [-0.05, 0) is 43.4 Å². The number of amides is 1. The van der Waals surface area contributed by atoms with Crippen molar-refractivity contribution < 1.29 is 9.21 Å². The molecule has 0 radical (unpaired) electrons. The molecule has 0 spiro atoms. The second kappa shape index (κ2) is 8.09. The minimum Gasteiger partial charge on any atom is -0.455 e. The molecule has 0 atom stereocenters. The molecular weight excluding hydrogens is 324 g/mol. The number of nitrogens with one attached hydrogen (secondary N) is 1. The lowest BCUT2D eigenvalue weighted by atomic mass is 9.93. The van der Waals surface area contributed by atoms with Gasteiger partial charge in [-0.15, -0.1) is 0 Å². The zero-order valence-electron chi connectivity index (χ0n) is 15.3. The number of hydrogen-bond acceptors (Lipinski definition) is 3. The Balaban J connectivity index is 1.45. The molecule has 0 bridgehead atoms. The molecule has 2 aromatic rings. The lowest BCUT2D eigenvalue weighted by Gasteiger charge is -2.33. The van der Waals surface area contributed by atoms with Gasteiger partial charge in [-0.3, -0.25) is 9.69 Å². The molecule has 2 aliphatic carbocycles. The van der Waals surface area contributed by atoms with Crippen LogP contribution in [0.3, 0.4) is 0 Å². The van der Waals surface area contributed by atoms with Crippen molar-refractivity contribution in [2.24, 2.45) is 0 Å². The average Bonchev–Trinajstić information content (AvgIpc) is 3.37. The molecule has 2 aliphatic rings. The fourth-order valence-electron chi connectivity index (χ4n) is 3.85. The maximum absolute atomic E-state index is 12.2. The van der Waals surface area contributed by atoms with E-state index in [2.05, 4.69) is 40.5 Å². The van der Waals surface area contributed by atoms with Crippen LogP contribution in [0.2, 0.25) is 0 Å². The van der Waals surface area contributed by atoms with E-state index in [1.165, 1.54) is 37.7 Å². The molecule has 1 aromatic heterocycles. The van der Waals surface area contributed by atoms with Gasteiger partial charge < -0.3 is 9.73 Å². The Morgan fingerprint density at radius 2 is 1.73 bits per heavy atom. The Morgan fingerprint density at radius 3 is 2.46 bits per heavy atom. The third-order valence-electron chi connectivity index (χ3n) is 5.48. The summed E-state index contributed by atoms with van der Waals surface area (Å²) in [7, 11) is 0. The number of carbonyl (C=O) groups excluding carboxylic acids is 1. The quantitative estimate of drug-likeness (QED) is 0.797. The van der Waals surface area contributed by atoms with Gasteiger partial charge in [0.15, 0.2) is 5.76 Å². The summed E-state index contributed by atoms with van der Waals surface area (Å²) in [5.41, 5.74) is 1.33. The summed E-state index contributed by atoms with van der Waals surface area (Å²) >= 11 is 0. The second-order valence-electron chi connectivity index (χ2n) is 7.70. The summed E-state index contributed by atoms with van der Waals surface area (Å²) in [5.74, 6) is 1.24. The van der Waals surface area contributed by atoms with Crippen LogP contribution in [0, 0.1) is 0 Å². The highest BCUT2D eigenvalue weighted by molar-refractivity contribution is 5.91. The summed E-state index contributed by atoms with van der Waals surface area (Å²) in [5, 5.41) is 2.99. The first kappa shape index (κ1) is 17.3. The normalized spacial score (nSPS) is 18.2. The maximum atomic E-state index is 12.2. The van der Waals surface area contributed by atoms with Crippen molar-refractivity contribution in [1.82, 2.24) is 10.2 Å². The van der Waals surface area contributed by atoms with Gasteiger partial charge in [0.05, 0.1) is 6.54 Å². The molecule has 4 rings (SSSR count). The first-order chi connectivity index (χ1) is 12.8. The van der Waals surface area contributed by atoms with Crippen LogP contribution in [0.15, 0.2) is 46.9 Å². The van der Waals surface area contributed by atoms with Gasteiger partial charge >= 0.3 is 0 Å². The third kappa shape index (κ3) is 4.55. The van der Waals surface area contributed by atoms with Gasteiger partial charge in [0.2, 0.25) is 0 Å². The van der Waals surface area contributed by atoms with Crippen molar-refractivity contribution in [3.63, 3.8) is 0 Å². The molecule has 1 amide bonds. The number of carbonyl (C=O) groups is 1. The molecule has 138 valence electrons. The van der Waals surface area contributed by atoms with Crippen molar-refractivity contribution in [2.75, 3.05) is 0 Å². The number of nitrogens with zero attached hydrogens (tertiary/aromatic N) is 1. The Kier molecular flexibility index (Phi) is 5.40. The molecule has 1 aromatic carbocycles. The molecule has 4 heteroatoms. The van der Waals surface area contributed by atoms with E-state index in [4.69, 9.17) is 4.42 Å². The van der Waals surface area contributed by atoms with Crippen LogP contribution in [-0.4, -0.2) is 22.9 Å². The molecule has 1 N–H and O–H groups in total. The van der Waals surface area contributed by atoms with E-state index >= 15 is 0 Å². The van der Waals surface area contributed by atoms with Crippen LogP contribution in [0.1, 0.15) is 66.8 Å². The number of benzene rings is 1. The van der Waals surface area contributed by atoms with Crippen molar-refractivity contribution in [3.05, 3.63) is 59.5 Å². The van der Waals surface area contributed by atoms with Gasteiger partial charge in [0, 0.05) is 18.6 Å². The minimum absolute atomic E-state index is 0.0778. The number of hydrogen-bond donors (Lipinski definition) is 1. The molecular formula is C22H28N2O2. The van der Waals surface area contributed by atoms with E-state index in [0.717, 1.165) is 31.7 Å². The first-order valence-corrected chi connectivity index (χ1v) is 9.95. The van der Waals surface area contributed by atoms with Gasteiger partial charge in [0.25, 0.3) is 5.91 Å². The minimum atomic E-state index is -0.0778. The lowest BCUT2D eigenvalue weighted by Crippen LogP contribution is -2.35. The summed E-state index contributed by atoms with van der Waals surface area (Å²) in [4.78, 5) is 14.7. The number of furan rings is 1. The average molecular weight is 352 g/mol. The second-order valence-corrected chi connectivity index (χ2v) is 7.70. The van der Waals surface area contributed by atoms with Gasteiger partial charge in [-0.1, -0.05) is 49.6 Å². The monoisotopic (exact) mass is 352 g/mol. The highest BCUT2D eigenvalue weighted by Crippen LogP contribution is 2.26. The number of rotatable bonds is 7. The fraction of sp³-hybridized carbons (Fsp3) is 0.500. The topological polar surface area (TPSA) is 45.5 Å². The van der Waals surface area contributed by atoms with Crippen LogP contribution in [0.4, 0.5) is 0 Å². The Labute approximate surface area is 155 Å². The summed E-state index contributed by atoms with van der Waals surface area (Å²) in [6.45, 7) is 1.69. The smallest absolute Gasteiger partial charge is 0.287 e. The molecule has 0 unspecified atom stereocenters. The molecule has 0 saturated heterocycles. The zero-order chi connectivity index (χ0) is 17.8. The fourth-order valence-corrected chi connectivity index (χ4v) is 3.85. The predicted octanol–water partition coefficient (Wildman–Crippen LogP) is 4.51. The molecule has 0 aliphatic heterocycles. The first-order valence-electron chi connectivity index (χ1n) is 9.95. The maximum Gasteiger partial charge on any atom is 0.287 e. The van der Waals surface area contributed by atoms with Crippen molar-refractivity contribution in [3.8, 4) is 0 Å². The van der Waals surface area contributed by atoms with Gasteiger partial charge in [-0.25, -0.2) is 0 Å². The zero-order valence-corrected chi connectivity index (χ0v) is 15.3. The summed E-state index contributed by atoms with van der Waals surface area (Å²) in [6, 6.07) is 15.4. The van der Waals surface area contributed by atoms with E-state index in [1.54, 1.807) is 0 Å². The van der Waals surface area contributed by atoms with Crippen LogP contribution in [0.25, 0.3) is 0 Å². The Bertz CT molecular complexity index is 715. The van der Waals surface area contributed by atoms with E-state index in [-0.39, 0.29) is 5.91 Å². The Morgan fingerprint density at radius 1 is 0.962 bits per heavy atom. The van der Waals surface area contributed by atoms with Crippen LogP contribution >= 0.6 is 0 Å². The van der Waals surface area contributed by atoms with Crippen molar-refractivity contribution in [2.45, 2.75) is 70.1 Å². The molecule has 26 heavy (non-hydrogen) atoms.